The van der Waals surface area contributed by atoms with E-state index in [1.54, 1.807) is 29.0 Å². The van der Waals surface area contributed by atoms with Gasteiger partial charge in [0.05, 0.1) is 12.5 Å². The first-order valence-corrected chi connectivity index (χ1v) is 9.37. The van der Waals surface area contributed by atoms with Crippen LogP contribution in [0.25, 0.3) is 5.69 Å². The third-order valence-corrected chi connectivity index (χ3v) is 4.46. The summed E-state index contributed by atoms with van der Waals surface area (Å²) in [6.45, 7) is 0.720. The minimum Gasteiger partial charge on any atom is -0.473 e. The zero-order valence-electron chi connectivity index (χ0n) is 16.0. The third-order valence-electron chi connectivity index (χ3n) is 4.46. The number of nitrogens with zero attached hydrogens (tertiary/aromatic N) is 3. The van der Waals surface area contributed by atoms with Gasteiger partial charge in [-0.3, -0.25) is 9.36 Å². The summed E-state index contributed by atoms with van der Waals surface area (Å²) >= 11 is 0. The molecule has 1 N–H and O–H groups in total. The number of nitrogens with one attached hydrogen (secondary N) is 1. The van der Waals surface area contributed by atoms with Crippen molar-refractivity contribution in [2.45, 2.75) is 13.2 Å². The van der Waals surface area contributed by atoms with Gasteiger partial charge < -0.3 is 10.1 Å². The monoisotopic (exact) mass is 402 g/mol. The Morgan fingerprint density at radius 1 is 1.03 bits per heavy atom. The summed E-state index contributed by atoms with van der Waals surface area (Å²) in [6, 6.07) is 19.3. The van der Waals surface area contributed by atoms with E-state index in [0.29, 0.717) is 30.4 Å². The molecule has 4 aromatic rings. The van der Waals surface area contributed by atoms with Crippen LogP contribution >= 0.6 is 0 Å². The Hall–Kier alpha value is -4.00. The van der Waals surface area contributed by atoms with E-state index >= 15 is 0 Å². The molecular weight excluding hydrogens is 383 g/mol. The van der Waals surface area contributed by atoms with Crippen molar-refractivity contribution in [1.29, 1.82) is 0 Å². The molecule has 0 aliphatic carbocycles. The summed E-state index contributed by atoms with van der Waals surface area (Å²) in [7, 11) is 0. The lowest BCUT2D eigenvalue weighted by Gasteiger charge is -2.10. The summed E-state index contributed by atoms with van der Waals surface area (Å²) in [6.07, 6.45) is 4.63. The second-order valence-electron chi connectivity index (χ2n) is 6.58. The molecule has 7 heteroatoms. The number of aromatic nitrogens is 3. The van der Waals surface area contributed by atoms with E-state index in [0.717, 1.165) is 11.1 Å². The van der Waals surface area contributed by atoms with Gasteiger partial charge in [0.1, 0.15) is 18.1 Å². The lowest BCUT2D eigenvalue weighted by Crippen LogP contribution is -2.25. The highest BCUT2D eigenvalue weighted by atomic mass is 19.1. The predicted molar refractivity (Wildman–Crippen MR) is 110 cm³/mol. The Labute approximate surface area is 173 Å². The Balaban J connectivity index is 1.39. The molecule has 0 atom stereocenters. The van der Waals surface area contributed by atoms with E-state index < -0.39 is 0 Å². The van der Waals surface area contributed by atoms with Gasteiger partial charge >= 0.3 is 0 Å². The third kappa shape index (κ3) is 4.70. The Morgan fingerprint density at radius 3 is 2.63 bits per heavy atom. The molecule has 0 fully saturated rings. The highest BCUT2D eigenvalue weighted by molar-refractivity contribution is 5.92. The summed E-state index contributed by atoms with van der Waals surface area (Å²) in [5, 5.41) is 2.87. The molecule has 0 unspecified atom stereocenters. The zero-order valence-corrected chi connectivity index (χ0v) is 16.0. The number of hydrogen-bond acceptors (Lipinski definition) is 4. The predicted octanol–water partition coefficient (Wildman–Crippen LogP) is 3.92. The van der Waals surface area contributed by atoms with Gasteiger partial charge in [-0.2, -0.15) is 0 Å². The van der Waals surface area contributed by atoms with Crippen LogP contribution in [-0.4, -0.2) is 20.4 Å². The number of carbonyl (C=O) groups is 1. The second-order valence-corrected chi connectivity index (χ2v) is 6.58. The van der Waals surface area contributed by atoms with E-state index in [9.17, 15) is 9.18 Å². The first-order chi connectivity index (χ1) is 14.7. The Kier molecular flexibility index (Phi) is 5.80. The van der Waals surface area contributed by atoms with Crippen molar-refractivity contribution in [1.82, 2.24) is 19.9 Å². The van der Waals surface area contributed by atoms with Gasteiger partial charge in [0.25, 0.3) is 5.91 Å². The first-order valence-electron chi connectivity index (χ1n) is 9.37. The molecule has 0 saturated heterocycles. The summed E-state index contributed by atoms with van der Waals surface area (Å²) in [5.41, 5.74) is 2.91. The van der Waals surface area contributed by atoms with E-state index in [-0.39, 0.29) is 11.7 Å². The number of amides is 1. The van der Waals surface area contributed by atoms with E-state index in [4.69, 9.17) is 4.74 Å². The molecular formula is C23H19FN4O2. The van der Waals surface area contributed by atoms with Gasteiger partial charge in [0.2, 0.25) is 5.88 Å². The highest BCUT2D eigenvalue weighted by Gasteiger charge is 2.13. The van der Waals surface area contributed by atoms with Crippen LogP contribution in [0, 0.1) is 5.82 Å². The molecule has 150 valence electrons. The quantitative estimate of drug-likeness (QED) is 0.509. The van der Waals surface area contributed by atoms with Crippen molar-refractivity contribution in [3.63, 3.8) is 0 Å². The Morgan fingerprint density at radius 2 is 1.83 bits per heavy atom. The van der Waals surface area contributed by atoms with Crippen LogP contribution in [0.2, 0.25) is 0 Å². The van der Waals surface area contributed by atoms with E-state index in [1.165, 1.54) is 24.7 Å². The molecule has 0 saturated carbocycles. The molecule has 2 aromatic heterocycles. The number of hydrogen-bond donors (Lipinski definition) is 1. The van der Waals surface area contributed by atoms with Gasteiger partial charge in [0.15, 0.2) is 0 Å². The van der Waals surface area contributed by atoms with Crippen molar-refractivity contribution >= 4 is 5.91 Å². The van der Waals surface area contributed by atoms with Crippen LogP contribution in [0.1, 0.15) is 21.6 Å². The van der Waals surface area contributed by atoms with Crippen molar-refractivity contribution in [2.75, 3.05) is 0 Å². The fraction of sp³-hybridized carbons (Fsp3) is 0.0870. The van der Waals surface area contributed by atoms with E-state index in [2.05, 4.69) is 15.3 Å². The number of imidazole rings is 1. The van der Waals surface area contributed by atoms with Crippen LogP contribution in [0.15, 0.2) is 85.5 Å². The normalized spacial score (nSPS) is 10.6. The summed E-state index contributed by atoms with van der Waals surface area (Å²) in [4.78, 5) is 20.9. The lowest BCUT2D eigenvalue weighted by atomic mass is 10.2. The molecule has 6 nitrogen and oxygen atoms in total. The fourth-order valence-electron chi connectivity index (χ4n) is 2.91. The first kappa shape index (κ1) is 19.3. The number of pyridine rings is 1. The van der Waals surface area contributed by atoms with Crippen LogP contribution in [0.4, 0.5) is 4.39 Å². The number of ether oxygens (including phenoxy) is 1. The average Bonchev–Trinajstić information content (AvgIpc) is 3.28. The molecule has 0 aliphatic heterocycles. The molecule has 4 rings (SSSR count). The Bertz CT molecular complexity index is 1130. The van der Waals surface area contributed by atoms with Gasteiger partial charge in [-0.1, -0.05) is 30.3 Å². The minimum atomic E-state index is -0.340. The number of benzene rings is 2. The lowest BCUT2D eigenvalue weighted by molar-refractivity contribution is 0.0944. The van der Waals surface area contributed by atoms with Crippen LogP contribution in [-0.2, 0) is 13.2 Å². The average molecular weight is 402 g/mol. The van der Waals surface area contributed by atoms with Crippen LogP contribution < -0.4 is 10.1 Å². The molecule has 30 heavy (non-hydrogen) atoms. The van der Waals surface area contributed by atoms with Crippen molar-refractivity contribution in [3.8, 4) is 11.6 Å². The summed E-state index contributed by atoms with van der Waals surface area (Å²) in [5.74, 6) is -0.143. The SMILES string of the molecule is O=C(NCc1ccnc(OCc2ccccc2)c1)c1cncn1-c1ccc(F)cc1. The van der Waals surface area contributed by atoms with Gasteiger partial charge in [-0.05, 0) is 41.5 Å². The number of rotatable bonds is 7. The van der Waals surface area contributed by atoms with Crippen molar-refractivity contribution in [3.05, 3.63) is 108 Å². The maximum Gasteiger partial charge on any atom is 0.270 e. The number of halogens is 1. The number of carbonyl (C=O) groups excluding carboxylic acids is 1. The standard InChI is InChI=1S/C23H19FN4O2/c24-19-6-8-20(9-7-19)28-16-25-14-21(28)23(29)27-13-18-10-11-26-22(12-18)30-15-17-4-2-1-3-5-17/h1-12,14,16H,13,15H2,(H,27,29). The summed E-state index contributed by atoms with van der Waals surface area (Å²) < 4.78 is 20.5. The topological polar surface area (TPSA) is 69.0 Å². The minimum absolute atomic E-state index is 0.291. The van der Waals surface area contributed by atoms with Gasteiger partial charge in [0, 0.05) is 24.5 Å². The maximum absolute atomic E-state index is 13.2. The maximum atomic E-state index is 13.2. The molecule has 0 aliphatic rings. The van der Waals surface area contributed by atoms with E-state index in [1.807, 2.05) is 36.4 Å². The fourth-order valence-corrected chi connectivity index (χ4v) is 2.91. The van der Waals surface area contributed by atoms with Crippen LogP contribution in [0.3, 0.4) is 0 Å². The largest absolute Gasteiger partial charge is 0.473 e. The zero-order chi connectivity index (χ0) is 20.8. The molecule has 1 amide bonds. The molecule has 0 radical (unpaired) electrons. The molecule has 0 spiro atoms. The van der Waals surface area contributed by atoms with Gasteiger partial charge in [-0.15, -0.1) is 0 Å². The molecule has 2 heterocycles. The highest BCUT2D eigenvalue weighted by Crippen LogP contribution is 2.14. The van der Waals surface area contributed by atoms with Crippen LogP contribution in [0.5, 0.6) is 5.88 Å². The smallest absolute Gasteiger partial charge is 0.270 e. The van der Waals surface area contributed by atoms with Crippen molar-refractivity contribution < 1.29 is 13.9 Å². The van der Waals surface area contributed by atoms with Crippen molar-refractivity contribution in [2.24, 2.45) is 0 Å². The van der Waals surface area contributed by atoms with Gasteiger partial charge in [-0.25, -0.2) is 14.4 Å². The molecule has 2 aromatic carbocycles. The molecule has 0 bridgehead atoms. The second kappa shape index (κ2) is 9.00.